The van der Waals surface area contributed by atoms with Crippen molar-refractivity contribution in [3.05, 3.63) is 53.1 Å². The normalized spacial score (nSPS) is 12.5. The van der Waals surface area contributed by atoms with Crippen molar-refractivity contribution in [2.45, 2.75) is 24.8 Å². The lowest BCUT2D eigenvalue weighted by atomic mass is 10.2. The fourth-order valence-corrected chi connectivity index (χ4v) is 3.47. The minimum Gasteiger partial charge on any atom is -0.495 e. The highest BCUT2D eigenvalue weighted by molar-refractivity contribution is 7.89. The quantitative estimate of drug-likeness (QED) is 0.804. The van der Waals surface area contributed by atoms with Gasteiger partial charge in [0.1, 0.15) is 5.75 Å². The van der Waals surface area contributed by atoms with Gasteiger partial charge in [-0.2, -0.15) is 4.72 Å². The van der Waals surface area contributed by atoms with E-state index in [0.29, 0.717) is 16.5 Å². The molecule has 2 aromatic carbocycles. The van der Waals surface area contributed by atoms with Crippen LogP contribution in [-0.2, 0) is 14.8 Å². The standard InChI is InChI=1S/C17H19ClN2O4S/c1-11-4-7-14(8-5-11)25(22,23)20-12(2)17(21)19-15-10-13(18)6-9-16(15)24-3/h4-10,12,20H,1-3H3,(H,19,21). The second kappa shape index (κ2) is 7.86. The first kappa shape index (κ1) is 19.2. The second-order valence-corrected chi connectivity index (χ2v) is 7.64. The van der Waals surface area contributed by atoms with Crippen LogP contribution in [0.2, 0.25) is 5.02 Å². The Labute approximate surface area is 152 Å². The number of benzene rings is 2. The van der Waals surface area contributed by atoms with E-state index in [-0.39, 0.29) is 4.90 Å². The third-order valence-electron chi connectivity index (χ3n) is 3.48. The van der Waals surface area contributed by atoms with Gasteiger partial charge in [0, 0.05) is 5.02 Å². The zero-order valence-electron chi connectivity index (χ0n) is 14.0. The highest BCUT2D eigenvalue weighted by Crippen LogP contribution is 2.27. The number of hydrogen-bond acceptors (Lipinski definition) is 4. The summed E-state index contributed by atoms with van der Waals surface area (Å²) >= 11 is 5.92. The van der Waals surface area contributed by atoms with E-state index in [2.05, 4.69) is 10.0 Å². The maximum atomic E-state index is 12.4. The van der Waals surface area contributed by atoms with Crippen molar-refractivity contribution < 1.29 is 17.9 Å². The van der Waals surface area contributed by atoms with Gasteiger partial charge in [-0.05, 0) is 44.2 Å². The van der Waals surface area contributed by atoms with E-state index in [1.54, 1.807) is 24.3 Å². The lowest BCUT2D eigenvalue weighted by Crippen LogP contribution is -2.41. The van der Waals surface area contributed by atoms with Crippen molar-refractivity contribution in [3.63, 3.8) is 0 Å². The van der Waals surface area contributed by atoms with Crippen molar-refractivity contribution in [3.8, 4) is 5.75 Å². The van der Waals surface area contributed by atoms with Gasteiger partial charge in [0.25, 0.3) is 0 Å². The Morgan fingerprint density at radius 2 is 1.80 bits per heavy atom. The number of rotatable bonds is 6. The maximum absolute atomic E-state index is 12.4. The summed E-state index contributed by atoms with van der Waals surface area (Å²) in [7, 11) is -2.34. The first-order chi connectivity index (χ1) is 11.7. The summed E-state index contributed by atoms with van der Waals surface area (Å²) < 4.78 is 32.2. The average Bonchev–Trinajstić information content (AvgIpc) is 2.55. The molecule has 0 heterocycles. The number of halogens is 1. The van der Waals surface area contributed by atoms with Crippen LogP contribution in [0.15, 0.2) is 47.4 Å². The van der Waals surface area contributed by atoms with Gasteiger partial charge < -0.3 is 10.1 Å². The first-order valence-corrected chi connectivity index (χ1v) is 9.32. The van der Waals surface area contributed by atoms with Crippen LogP contribution < -0.4 is 14.8 Å². The lowest BCUT2D eigenvalue weighted by molar-refractivity contribution is -0.117. The molecule has 0 aromatic heterocycles. The number of ether oxygens (including phenoxy) is 1. The van der Waals surface area contributed by atoms with Crippen LogP contribution in [0.5, 0.6) is 5.75 Å². The predicted octanol–water partition coefficient (Wildman–Crippen LogP) is 2.96. The van der Waals surface area contributed by atoms with E-state index in [1.165, 1.54) is 32.2 Å². The van der Waals surface area contributed by atoms with E-state index >= 15 is 0 Å². The van der Waals surface area contributed by atoms with Crippen LogP contribution in [0.3, 0.4) is 0 Å². The van der Waals surface area contributed by atoms with Crippen molar-refractivity contribution in [1.29, 1.82) is 0 Å². The van der Waals surface area contributed by atoms with Gasteiger partial charge in [0.2, 0.25) is 15.9 Å². The minimum atomic E-state index is -3.81. The number of sulfonamides is 1. The Balaban J connectivity index is 2.12. The van der Waals surface area contributed by atoms with Gasteiger partial charge in [-0.25, -0.2) is 8.42 Å². The van der Waals surface area contributed by atoms with Crippen LogP contribution in [-0.4, -0.2) is 27.5 Å². The highest BCUT2D eigenvalue weighted by Gasteiger charge is 2.22. The number of amides is 1. The Bertz CT molecular complexity index is 867. The topological polar surface area (TPSA) is 84.5 Å². The molecule has 0 spiro atoms. The Morgan fingerprint density at radius 1 is 1.16 bits per heavy atom. The van der Waals surface area contributed by atoms with Crippen LogP contribution in [0.25, 0.3) is 0 Å². The Hall–Kier alpha value is -2.09. The summed E-state index contributed by atoms with van der Waals surface area (Å²) in [5.74, 6) is -0.109. The molecule has 0 aliphatic carbocycles. The monoisotopic (exact) mass is 382 g/mol. The number of nitrogens with one attached hydrogen (secondary N) is 2. The fourth-order valence-electron chi connectivity index (χ4n) is 2.09. The largest absolute Gasteiger partial charge is 0.495 e. The summed E-state index contributed by atoms with van der Waals surface area (Å²) in [6.07, 6.45) is 0. The molecule has 2 aromatic rings. The molecule has 0 aliphatic rings. The van der Waals surface area contributed by atoms with E-state index in [1.807, 2.05) is 6.92 Å². The van der Waals surface area contributed by atoms with Gasteiger partial charge in [0.15, 0.2) is 0 Å². The van der Waals surface area contributed by atoms with Gasteiger partial charge in [0.05, 0.1) is 23.7 Å². The Morgan fingerprint density at radius 3 is 2.40 bits per heavy atom. The number of aryl methyl sites for hydroxylation is 1. The third-order valence-corrected chi connectivity index (χ3v) is 5.27. The molecule has 0 saturated heterocycles. The zero-order chi connectivity index (χ0) is 18.6. The number of carbonyl (C=O) groups is 1. The number of methoxy groups -OCH3 is 1. The molecule has 0 fully saturated rings. The van der Waals surface area contributed by atoms with Gasteiger partial charge in [-0.3, -0.25) is 4.79 Å². The van der Waals surface area contributed by atoms with Crippen molar-refractivity contribution in [2.75, 3.05) is 12.4 Å². The van der Waals surface area contributed by atoms with Crippen molar-refractivity contribution >= 4 is 33.2 Å². The zero-order valence-corrected chi connectivity index (χ0v) is 15.6. The molecule has 0 aliphatic heterocycles. The molecule has 6 nitrogen and oxygen atoms in total. The molecule has 1 unspecified atom stereocenters. The van der Waals surface area contributed by atoms with E-state index in [0.717, 1.165) is 5.56 Å². The van der Waals surface area contributed by atoms with Gasteiger partial charge in [-0.15, -0.1) is 0 Å². The molecule has 1 atom stereocenters. The molecule has 2 N–H and O–H groups in total. The molecule has 8 heteroatoms. The summed E-state index contributed by atoms with van der Waals surface area (Å²) in [5.41, 5.74) is 1.30. The summed E-state index contributed by atoms with van der Waals surface area (Å²) in [5, 5.41) is 3.03. The van der Waals surface area contributed by atoms with Gasteiger partial charge >= 0.3 is 0 Å². The SMILES string of the molecule is COc1ccc(Cl)cc1NC(=O)C(C)NS(=O)(=O)c1ccc(C)cc1. The molecular formula is C17H19ClN2O4S. The van der Waals surface area contributed by atoms with Crippen LogP contribution in [0.1, 0.15) is 12.5 Å². The molecule has 0 bridgehead atoms. The molecular weight excluding hydrogens is 364 g/mol. The smallest absolute Gasteiger partial charge is 0.242 e. The lowest BCUT2D eigenvalue weighted by Gasteiger charge is -2.16. The van der Waals surface area contributed by atoms with E-state index in [9.17, 15) is 13.2 Å². The highest BCUT2D eigenvalue weighted by atomic mass is 35.5. The molecule has 25 heavy (non-hydrogen) atoms. The van der Waals surface area contributed by atoms with E-state index in [4.69, 9.17) is 16.3 Å². The van der Waals surface area contributed by atoms with Crippen molar-refractivity contribution in [2.24, 2.45) is 0 Å². The minimum absolute atomic E-state index is 0.0955. The van der Waals surface area contributed by atoms with Crippen molar-refractivity contribution in [1.82, 2.24) is 4.72 Å². The predicted molar refractivity (Wildman–Crippen MR) is 97.6 cm³/mol. The number of hydrogen-bond donors (Lipinski definition) is 2. The molecule has 1 amide bonds. The van der Waals surface area contributed by atoms with E-state index < -0.39 is 22.0 Å². The maximum Gasteiger partial charge on any atom is 0.242 e. The summed E-state index contributed by atoms with van der Waals surface area (Å²) in [6, 6.07) is 10.1. The first-order valence-electron chi connectivity index (χ1n) is 7.46. The molecule has 2 rings (SSSR count). The molecule has 0 radical (unpaired) electrons. The number of carbonyl (C=O) groups excluding carboxylic acids is 1. The number of anilines is 1. The summed E-state index contributed by atoms with van der Waals surface area (Å²) in [6.45, 7) is 3.32. The Kier molecular flexibility index (Phi) is 6.05. The molecule has 134 valence electrons. The summed E-state index contributed by atoms with van der Waals surface area (Å²) in [4.78, 5) is 12.4. The second-order valence-electron chi connectivity index (χ2n) is 5.49. The third kappa shape index (κ3) is 4.94. The van der Waals surface area contributed by atoms with Crippen LogP contribution in [0.4, 0.5) is 5.69 Å². The van der Waals surface area contributed by atoms with Gasteiger partial charge in [-0.1, -0.05) is 29.3 Å². The fraction of sp³-hybridized carbons (Fsp3) is 0.235. The molecule has 0 saturated carbocycles. The van der Waals surface area contributed by atoms with Crippen LogP contribution in [0, 0.1) is 6.92 Å². The average molecular weight is 383 g/mol. The van der Waals surface area contributed by atoms with Crippen LogP contribution >= 0.6 is 11.6 Å².